The van der Waals surface area contributed by atoms with Crippen LogP contribution in [0.3, 0.4) is 0 Å². The second-order valence-corrected chi connectivity index (χ2v) is 6.97. The maximum Gasteiger partial charge on any atom is 0.325 e. The van der Waals surface area contributed by atoms with Crippen molar-refractivity contribution in [1.29, 1.82) is 0 Å². The summed E-state index contributed by atoms with van der Waals surface area (Å²) in [5.41, 5.74) is 0.904. The Labute approximate surface area is 149 Å². The van der Waals surface area contributed by atoms with E-state index in [1.165, 1.54) is 0 Å². The number of rotatable bonds is 3. The van der Waals surface area contributed by atoms with E-state index in [-0.39, 0.29) is 12.1 Å². The van der Waals surface area contributed by atoms with Crippen molar-refractivity contribution in [3.8, 4) is 0 Å². The van der Waals surface area contributed by atoms with E-state index in [0.717, 1.165) is 10.9 Å². The summed E-state index contributed by atoms with van der Waals surface area (Å²) < 4.78 is 6.98. The van der Waals surface area contributed by atoms with Crippen LogP contribution in [-0.4, -0.2) is 33.4 Å². The number of pyridine rings is 1. The number of ether oxygens (including phenoxy) is 1. The van der Waals surface area contributed by atoms with Gasteiger partial charge in [0.25, 0.3) is 5.91 Å². The minimum Gasteiger partial charge on any atom is -0.459 e. The fraction of sp³-hybridized carbons (Fsp3) is 0.278. The van der Waals surface area contributed by atoms with Gasteiger partial charge in [-0.25, -0.2) is 4.98 Å². The summed E-state index contributed by atoms with van der Waals surface area (Å²) in [5.74, 6) is -0.991. The molecule has 0 spiro atoms. The number of imidazole rings is 1. The topological polar surface area (TPSA) is 72.7 Å². The van der Waals surface area contributed by atoms with Crippen LogP contribution in [0.5, 0.6) is 0 Å². The Morgan fingerprint density at radius 1 is 1.28 bits per heavy atom. The van der Waals surface area contributed by atoms with E-state index in [2.05, 4.69) is 10.3 Å². The van der Waals surface area contributed by atoms with Gasteiger partial charge in [0.05, 0.1) is 10.5 Å². The number of esters is 1. The molecule has 0 atom stereocenters. The first-order chi connectivity index (χ1) is 11.8. The number of carbonyl (C=O) groups excluding carboxylic acids is 2. The van der Waals surface area contributed by atoms with Crippen LogP contribution >= 0.6 is 11.6 Å². The summed E-state index contributed by atoms with van der Waals surface area (Å²) in [4.78, 5) is 28.7. The standard InChI is InChI=1S/C18H18ClN3O3/c1-18(2,3)25-13(23)10-21-17(24)14-15(19)11-6-4-5-7-12(11)22-9-8-20-16(14)22/h4-9H,10H2,1-3H3,(H,21,24). The van der Waals surface area contributed by atoms with Crippen molar-refractivity contribution >= 4 is 40.0 Å². The van der Waals surface area contributed by atoms with Gasteiger partial charge in [0.2, 0.25) is 0 Å². The largest absolute Gasteiger partial charge is 0.459 e. The lowest BCUT2D eigenvalue weighted by Crippen LogP contribution is -2.35. The molecule has 2 aromatic heterocycles. The Kier molecular flexibility index (Phi) is 4.39. The van der Waals surface area contributed by atoms with Gasteiger partial charge in [0.1, 0.15) is 17.7 Å². The smallest absolute Gasteiger partial charge is 0.325 e. The van der Waals surface area contributed by atoms with Gasteiger partial charge < -0.3 is 10.1 Å². The van der Waals surface area contributed by atoms with Crippen molar-refractivity contribution in [3.05, 3.63) is 47.2 Å². The first-order valence-corrected chi connectivity index (χ1v) is 8.19. The predicted molar refractivity (Wildman–Crippen MR) is 95.9 cm³/mol. The van der Waals surface area contributed by atoms with E-state index in [0.29, 0.717) is 10.7 Å². The molecule has 3 aromatic rings. The van der Waals surface area contributed by atoms with E-state index in [1.807, 2.05) is 24.3 Å². The molecule has 0 unspecified atom stereocenters. The van der Waals surface area contributed by atoms with Crippen LogP contribution in [0.4, 0.5) is 0 Å². The lowest BCUT2D eigenvalue weighted by molar-refractivity contribution is -0.153. The van der Waals surface area contributed by atoms with E-state index in [1.54, 1.807) is 37.6 Å². The van der Waals surface area contributed by atoms with Crippen molar-refractivity contribution < 1.29 is 14.3 Å². The molecule has 0 bridgehead atoms. The number of hydrogen-bond acceptors (Lipinski definition) is 4. The molecule has 0 radical (unpaired) electrons. The molecule has 0 fully saturated rings. The van der Waals surface area contributed by atoms with Gasteiger partial charge in [-0.1, -0.05) is 29.8 Å². The van der Waals surface area contributed by atoms with Crippen molar-refractivity contribution in [1.82, 2.24) is 14.7 Å². The zero-order valence-electron chi connectivity index (χ0n) is 14.2. The van der Waals surface area contributed by atoms with Crippen molar-refractivity contribution in [2.75, 3.05) is 6.54 Å². The molecule has 1 amide bonds. The second kappa shape index (κ2) is 6.37. The third-order valence-corrected chi connectivity index (χ3v) is 3.92. The molecule has 7 heteroatoms. The highest BCUT2D eigenvalue weighted by atomic mass is 35.5. The maximum absolute atomic E-state index is 12.6. The van der Waals surface area contributed by atoms with E-state index in [9.17, 15) is 9.59 Å². The number of fused-ring (bicyclic) bond motifs is 3. The van der Waals surface area contributed by atoms with Crippen LogP contribution in [0.15, 0.2) is 36.7 Å². The summed E-state index contributed by atoms with van der Waals surface area (Å²) in [5, 5.41) is 3.59. The molecular formula is C18H18ClN3O3. The van der Waals surface area contributed by atoms with Crippen LogP contribution in [0.25, 0.3) is 16.6 Å². The third kappa shape index (κ3) is 3.44. The Balaban J connectivity index is 1.94. The molecule has 0 aliphatic heterocycles. The summed E-state index contributed by atoms with van der Waals surface area (Å²) in [6, 6.07) is 7.47. The lowest BCUT2D eigenvalue weighted by atomic mass is 10.1. The van der Waals surface area contributed by atoms with Gasteiger partial charge in [-0.3, -0.25) is 14.0 Å². The maximum atomic E-state index is 12.6. The summed E-state index contributed by atoms with van der Waals surface area (Å²) in [6.07, 6.45) is 3.36. The van der Waals surface area contributed by atoms with Crippen molar-refractivity contribution in [2.45, 2.75) is 26.4 Å². The number of para-hydroxylation sites is 1. The highest BCUT2D eigenvalue weighted by Gasteiger charge is 2.22. The molecule has 2 heterocycles. The fourth-order valence-corrected chi connectivity index (χ4v) is 2.93. The molecule has 25 heavy (non-hydrogen) atoms. The molecule has 3 rings (SSSR count). The van der Waals surface area contributed by atoms with E-state index < -0.39 is 17.5 Å². The molecule has 130 valence electrons. The summed E-state index contributed by atoms with van der Waals surface area (Å²) in [6.45, 7) is 5.05. The monoisotopic (exact) mass is 359 g/mol. The Bertz CT molecular complexity index is 973. The molecule has 0 aliphatic rings. The quantitative estimate of drug-likeness (QED) is 0.729. The molecule has 0 saturated carbocycles. The molecule has 6 nitrogen and oxygen atoms in total. The number of halogens is 1. The Morgan fingerprint density at radius 3 is 2.72 bits per heavy atom. The lowest BCUT2D eigenvalue weighted by Gasteiger charge is -2.19. The Morgan fingerprint density at radius 2 is 2.00 bits per heavy atom. The fourth-order valence-electron chi connectivity index (χ4n) is 2.60. The average molecular weight is 360 g/mol. The van der Waals surface area contributed by atoms with Crippen LogP contribution in [-0.2, 0) is 9.53 Å². The van der Waals surface area contributed by atoms with Gasteiger partial charge in [0.15, 0.2) is 5.65 Å². The number of nitrogens with zero attached hydrogens (tertiary/aromatic N) is 2. The third-order valence-electron chi connectivity index (χ3n) is 3.52. The van der Waals surface area contributed by atoms with E-state index >= 15 is 0 Å². The molecule has 1 aromatic carbocycles. The molecule has 0 saturated heterocycles. The normalized spacial score (nSPS) is 11.7. The van der Waals surface area contributed by atoms with Crippen molar-refractivity contribution in [3.63, 3.8) is 0 Å². The van der Waals surface area contributed by atoms with Crippen molar-refractivity contribution in [2.24, 2.45) is 0 Å². The minimum atomic E-state index is -0.612. The number of nitrogens with one attached hydrogen (secondary N) is 1. The summed E-state index contributed by atoms with van der Waals surface area (Å²) >= 11 is 6.46. The second-order valence-electron chi connectivity index (χ2n) is 6.60. The predicted octanol–water partition coefficient (Wildman–Crippen LogP) is 3.21. The van der Waals surface area contributed by atoms with Gasteiger partial charge in [-0.15, -0.1) is 0 Å². The van der Waals surface area contributed by atoms with Crippen LogP contribution < -0.4 is 5.32 Å². The average Bonchev–Trinajstić information content (AvgIpc) is 3.01. The first-order valence-electron chi connectivity index (χ1n) is 7.81. The zero-order chi connectivity index (χ0) is 18.2. The van der Waals surface area contributed by atoms with E-state index in [4.69, 9.17) is 16.3 Å². The highest BCUT2D eigenvalue weighted by molar-refractivity contribution is 6.39. The van der Waals surface area contributed by atoms with Crippen LogP contribution in [0.2, 0.25) is 5.02 Å². The van der Waals surface area contributed by atoms with Gasteiger partial charge in [0, 0.05) is 17.8 Å². The molecule has 0 aliphatic carbocycles. The number of carbonyl (C=O) groups is 2. The molecular weight excluding hydrogens is 342 g/mol. The number of aromatic nitrogens is 2. The highest BCUT2D eigenvalue weighted by Crippen LogP contribution is 2.30. The summed E-state index contributed by atoms with van der Waals surface area (Å²) in [7, 11) is 0. The van der Waals surface area contributed by atoms with Crippen LogP contribution in [0, 0.1) is 0 Å². The van der Waals surface area contributed by atoms with Gasteiger partial charge >= 0.3 is 5.97 Å². The Hall–Kier alpha value is -2.60. The first kappa shape index (κ1) is 17.2. The number of amides is 1. The number of benzene rings is 1. The van der Waals surface area contributed by atoms with Crippen LogP contribution in [0.1, 0.15) is 31.1 Å². The zero-order valence-corrected chi connectivity index (χ0v) is 14.9. The minimum absolute atomic E-state index is 0.230. The van der Waals surface area contributed by atoms with Gasteiger partial charge in [-0.2, -0.15) is 0 Å². The molecule has 1 N–H and O–H groups in total. The SMILES string of the molecule is CC(C)(C)OC(=O)CNC(=O)c1c(Cl)c2ccccc2n2ccnc12. The number of hydrogen-bond donors (Lipinski definition) is 1. The van der Waals surface area contributed by atoms with Gasteiger partial charge in [-0.05, 0) is 26.8 Å².